The van der Waals surface area contributed by atoms with E-state index in [2.05, 4.69) is 0 Å². The summed E-state index contributed by atoms with van der Waals surface area (Å²) in [5.41, 5.74) is 14.8. The number of benzene rings is 1. The van der Waals surface area contributed by atoms with Crippen molar-refractivity contribution in [2.24, 2.45) is 11.5 Å². The van der Waals surface area contributed by atoms with Crippen LogP contribution in [0.3, 0.4) is 0 Å². The van der Waals surface area contributed by atoms with Crippen LogP contribution in [0.15, 0.2) is 12.1 Å². The number of aryl methyl sites for hydroxylation is 3. The molecule has 0 radical (unpaired) electrons. The molecule has 0 aliphatic carbocycles. The van der Waals surface area contributed by atoms with Crippen LogP contribution in [0.5, 0.6) is 0 Å². The van der Waals surface area contributed by atoms with E-state index < -0.39 is 22.7 Å². The highest BCUT2D eigenvalue weighted by Gasteiger charge is 2.26. The predicted octanol–water partition coefficient (Wildman–Crippen LogP) is 0.488. The van der Waals surface area contributed by atoms with Gasteiger partial charge in [-0.1, -0.05) is 40.1 Å². The molecule has 0 saturated heterocycles. The molecule has 1 unspecified atom stereocenters. The first-order chi connectivity index (χ1) is 9.22. The maximum Gasteiger partial charge on any atom is 0.466 e. The summed E-state index contributed by atoms with van der Waals surface area (Å²) < 4.78 is 4.84. The molecule has 0 aliphatic heterocycles. The lowest BCUT2D eigenvalue weighted by atomic mass is 9.81. The molecule has 5 nitrogen and oxygen atoms in total. The van der Waals surface area contributed by atoms with E-state index in [1.807, 2.05) is 55.3 Å². The van der Waals surface area contributed by atoms with Crippen molar-refractivity contribution >= 4 is 44.5 Å². The topological polar surface area (TPSA) is 95.4 Å². The average Bonchev–Trinajstić information content (AvgIpc) is 2.32. The van der Waals surface area contributed by atoms with E-state index in [0.29, 0.717) is 0 Å². The van der Waals surface area contributed by atoms with E-state index >= 15 is 0 Å². The van der Waals surface area contributed by atoms with Crippen molar-refractivity contribution in [3.05, 3.63) is 28.8 Å². The molecule has 1 amide bonds. The van der Waals surface area contributed by atoms with E-state index in [9.17, 15) is 9.59 Å². The highest BCUT2D eigenvalue weighted by atomic mass is 127. The zero-order chi connectivity index (χ0) is 15.4. The molecule has 1 aromatic carbocycles. The molecule has 0 heterocycles. The monoisotopic (exact) mass is 388 g/mol. The van der Waals surface area contributed by atoms with Crippen LogP contribution in [-0.2, 0) is 14.2 Å². The van der Waals surface area contributed by atoms with Crippen LogP contribution in [0, 0.1) is 20.8 Å². The predicted molar refractivity (Wildman–Crippen MR) is 87.9 cm³/mol. The summed E-state index contributed by atoms with van der Waals surface area (Å²) in [4.78, 5) is 22.5. The van der Waals surface area contributed by atoms with E-state index in [1.54, 1.807) is 0 Å². The molecule has 20 heavy (non-hydrogen) atoms. The zero-order valence-corrected chi connectivity index (χ0v) is 13.9. The third kappa shape index (κ3) is 4.48. The Morgan fingerprint density at radius 1 is 1.25 bits per heavy atom. The Balaban J connectivity index is 2.81. The van der Waals surface area contributed by atoms with Crippen molar-refractivity contribution < 1.29 is 14.2 Å². The minimum Gasteiger partial charge on any atom is -0.520 e. The van der Waals surface area contributed by atoms with E-state index in [1.165, 1.54) is 5.56 Å². The lowest BCUT2D eigenvalue weighted by molar-refractivity contribution is -0.137. The third-order valence-corrected chi connectivity index (χ3v) is 4.00. The van der Waals surface area contributed by atoms with E-state index in [0.717, 1.165) is 16.6 Å². The van der Waals surface area contributed by atoms with Crippen LogP contribution >= 0.6 is 22.4 Å². The number of nitrogens with two attached hydrogens (primary N) is 2. The molecule has 0 bridgehead atoms. The molecule has 0 spiro atoms. The summed E-state index contributed by atoms with van der Waals surface area (Å²) >= 11 is 2.03. The summed E-state index contributed by atoms with van der Waals surface area (Å²) in [5, 5.41) is 0. The molecule has 7 heteroatoms. The Labute approximate surface area is 132 Å². The number of rotatable bonds is 5. The number of hydrogen-bond donors (Lipinski definition) is 2. The Morgan fingerprint density at radius 3 is 2.35 bits per heavy atom. The number of halogens is 1. The molecule has 1 rings (SSSR count). The van der Waals surface area contributed by atoms with Gasteiger partial charge < -0.3 is 16.1 Å². The lowest BCUT2D eigenvalue weighted by Crippen LogP contribution is -2.41. The van der Waals surface area contributed by atoms with Gasteiger partial charge in [-0.2, -0.15) is 0 Å². The van der Waals surface area contributed by atoms with Gasteiger partial charge in [0, 0.05) is 0 Å². The van der Waals surface area contributed by atoms with Gasteiger partial charge in [-0.25, -0.2) is 0 Å². The molecule has 0 aliphatic rings. The number of carbonyl (C=O) groups is 2. The van der Waals surface area contributed by atoms with Gasteiger partial charge >= 0.3 is 10.7 Å². The SMILES string of the molecule is Cc1cc(C)c(B(I)OC(=O)C(N)CC(N)=O)cc1C. The van der Waals surface area contributed by atoms with Crippen molar-refractivity contribution in [3.8, 4) is 0 Å². The number of primary amides is 1. The van der Waals surface area contributed by atoms with Gasteiger partial charge in [0.25, 0.3) is 0 Å². The maximum atomic E-state index is 11.8. The number of carbonyl (C=O) groups excluding carboxylic acids is 2. The van der Waals surface area contributed by atoms with E-state index in [-0.39, 0.29) is 6.42 Å². The van der Waals surface area contributed by atoms with Crippen molar-refractivity contribution in [2.45, 2.75) is 33.2 Å². The van der Waals surface area contributed by atoms with Crippen molar-refractivity contribution in [1.82, 2.24) is 0 Å². The van der Waals surface area contributed by atoms with Gasteiger partial charge in [-0.05, 0) is 37.4 Å². The molecule has 1 atom stereocenters. The highest BCUT2D eigenvalue weighted by Crippen LogP contribution is 2.11. The van der Waals surface area contributed by atoms with Crippen LogP contribution in [0.25, 0.3) is 0 Å². The van der Waals surface area contributed by atoms with Gasteiger partial charge in [0.05, 0.1) is 6.42 Å². The average molecular weight is 388 g/mol. The Bertz CT molecular complexity index is 537. The third-order valence-electron chi connectivity index (χ3n) is 3.07. The number of amides is 1. The lowest BCUT2D eigenvalue weighted by Gasteiger charge is -2.16. The normalized spacial score (nSPS) is 11.8. The van der Waals surface area contributed by atoms with Gasteiger partial charge in [0.1, 0.15) is 6.04 Å². The first-order valence-electron chi connectivity index (χ1n) is 6.18. The highest BCUT2D eigenvalue weighted by molar-refractivity contribution is 14.1. The minimum absolute atomic E-state index is 0.214. The van der Waals surface area contributed by atoms with Crippen LogP contribution in [0.4, 0.5) is 0 Å². The fraction of sp³-hybridized carbons (Fsp3) is 0.385. The Hall–Kier alpha value is -1.09. The Morgan fingerprint density at radius 2 is 1.80 bits per heavy atom. The van der Waals surface area contributed by atoms with Crippen LogP contribution < -0.4 is 16.9 Å². The van der Waals surface area contributed by atoms with Crippen LogP contribution in [0.2, 0.25) is 0 Å². The largest absolute Gasteiger partial charge is 0.520 e. The van der Waals surface area contributed by atoms with Crippen molar-refractivity contribution in [3.63, 3.8) is 0 Å². The molecule has 0 fully saturated rings. The van der Waals surface area contributed by atoms with E-state index in [4.69, 9.17) is 16.1 Å². The fourth-order valence-corrected chi connectivity index (χ4v) is 2.70. The number of hydrogen-bond acceptors (Lipinski definition) is 4. The fourth-order valence-electron chi connectivity index (χ4n) is 1.78. The second-order valence-corrected chi connectivity index (χ2v) is 5.95. The van der Waals surface area contributed by atoms with Crippen LogP contribution in [-0.4, -0.2) is 22.7 Å². The summed E-state index contributed by atoms with van der Waals surface area (Å²) in [7, 11) is 0. The summed E-state index contributed by atoms with van der Waals surface area (Å²) in [5.74, 6) is -1.25. The maximum absolute atomic E-state index is 11.8. The molecule has 4 N–H and O–H groups in total. The quantitative estimate of drug-likeness (QED) is 0.567. The molecular weight excluding hydrogens is 370 g/mol. The minimum atomic E-state index is -1.02. The molecule has 1 aromatic rings. The first-order valence-corrected chi connectivity index (χ1v) is 7.43. The van der Waals surface area contributed by atoms with Gasteiger partial charge in [0.2, 0.25) is 5.91 Å². The molecule has 108 valence electrons. The van der Waals surface area contributed by atoms with Crippen molar-refractivity contribution in [1.29, 1.82) is 0 Å². The molecular formula is C13H18BIN2O3. The Kier molecular flexibility index (Phi) is 6.00. The first kappa shape index (κ1) is 17.0. The molecule has 0 saturated carbocycles. The molecule has 0 aromatic heterocycles. The smallest absolute Gasteiger partial charge is 0.466 e. The standard InChI is InChI=1S/C13H18BIN2O3/c1-7-4-9(3)10(5-8(7)2)14(15)20-13(19)11(16)6-12(17)18/h4-5,11H,6,16H2,1-3H3,(H2,17,18). The second kappa shape index (κ2) is 7.08. The van der Waals surface area contributed by atoms with Crippen molar-refractivity contribution in [2.75, 3.05) is 0 Å². The summed E-state index contributed by atoms with van der Waals surface area (Å²) in [6.07, 6.45) is -0.214. The van der Waals surface area contributed by atoms with Gasteiger partial charge in [-0.15, -0.1) is 0 Å². The summed E-state index contributed by atoms with van der Waals surface area (Å²) in [6, 6.07) is 3.03. The van der Waals surface area contributed by atoms with Gasteiger partial charge in [0.15, 0.2) is 0 Å². The second-order valence-electron chi connectivity index (χ2n) is 4.82. The summed E-state index contributed by atoms with van der Waals surface area (Å²) in [6.45, 7) is 6.00. The van der Waals surface area contributed by atoms with Gasteiger partial charge in [-0.3, -0.25) is 9.59 Å². The zero-order valence-electron chi connectivity index (χ0n) is 11.8. The van der Waals surface area contributed by atoms with Crippen LogP contribution in [0.1, 0.15) is 23.1 Å².